The van der Waals surface area contributed by atoms with Crippen LogP contribution in [0.2, 0.25) is 5.02 Å². The lowest BCUT2D eigenvalue weighted by molar-refractivity contribution is 0.468. The zero-order valence-electron chi connectivity index (χ0n) is 12.2. The van der Waals surface area contributed by atoms with Crippen LogP contribution >= 0.6 is 11.6 Å². The largest absolute Gasteiger partial charge is 0.506 e. The van der Waals surface area contributed by atoms with Crippen molar-refractivity contribution in [2.24, 2.45) is 0 Å². The Labute approximate surface area is 137 Å². The third-order valence-electron chi connectivity index (χ3n) is 4.11. The number of nitrogens with one attached hydrogen (secondary N) is 1. The van der Waals surface area contributed by atoms with Crippen LogP contribution in [0.3, 0.4) is 0 Å². The first-order valence-electron chi connectivity index (χ1n) is 7.32. The first-order valence-corrected chi connectivity index (χ1v) is 7.70. The maximum absolute atomic E-state index is 9.84. The second kappa shape index (κ2) is 5.28. The summed E-state index contributed by atoms with van der Waals surface area (Å²) in [6, 6.07) is 15.1. The van der Waals surface area contributed by atoms with Gasteiger partial charge in [-0.1, -0.05) is 47.0 Å². The second-order valence-corrected chi connectivity index (χ2v) is 6.08. The lowest BCUT2D eigenvalue weighted by atomic mass is 9.96. The monoisotopic (exact) mass is 327 g/mol. The molecule has 5 nitrogen and oxygen atoms in total. The van der Waals surface area contributed by atoms with Crippen LogP contribution in [0.5, 0.6) is 5.75 Å². The summed E-state index contributed by atoms with van der Waals surface area (Å²) in [5.41, 5.74) is 1.43. The molecule has 0 bridgehead atoms. The van der Waals surface area contributed by atoms with Crippen LogP contribution < -0.4 is 5.32 Å². The fourth-order valence-corrected chi connectivity index (χ4v) is 2.87. The number of halogens is 1. The van der Waals surface area contributed by atoms with Gasteiger partial charge in [0.25, 0.3) is 0 Å². The molecule has 6 heteroatoms. The van der Waals surface area contributed by atoms with E-state index in [1.54, 1.807) is 12.1 Å². The van der Waals surface area contributed by atoms with Crippen LogP contribution in [0.15, 0.2) is 52.9 Å². The molecule has 2 aromatic carbocycles. The maximum Gasteiger partial charge on any atom is 0.320 e. The Balaban J connectivity index is 1.62. The molecule has 1 aromatic heterocycles. The molecule has 3 aromatic rings. The third-order valence-corrected chi connectivity index (χ3v) is 4.35. The van der Waals surface area contributed by atoms with E-state index in [1.165, 1.54) is 11.6 Å². The lowest BCUT2D eigenvalue weighted by Gasteiger charge is -2.10. The summed E-state index contributed by atoms with van der Waals surface area (Å²) in [6.45, 7) is 0. The summed E-state index contributed by atoms with van der Waals surface area (Å²) < 4.78 is 5.78. The van der Waals surface area contributed by atoms with Crippen LogP contribution in [-0.2, 0) is 5.41 Å². The molecule has 0 radical (unpaired) electrons. The quantitative estimate of drug-likeness (QED) is 0.701. The molecule has 4 rings (SSSR count). The third kappa shape index (κ3) is 2.53. The van der Waals surface area contributed by atoms with Crippen molar-refractivity contribution < 1.29 is 9.52 Å². The molecule has 1 aliphatic rings. The fourth-order valence-electron chi connectivity index (χ4n) is 2.70. The van der Waals surface area contributed by atoms with Gasteiger partial charge in [0.05, 0.1) is 11.1 Å². The number of phenolic OH excluding ortho intramolecular Hbond substituents is 1. The van der Waals surface area contributed by atoms with Crippen molar-refractivity contribution in [3.8, 4) is 5.75 Å². The number of aromatic nitrogens is 2. The van der Waals surface area contributed by atoms with Gasteiger partial charge in [0.2, 0.25) is 5.89 Å². The van der Waals surface area contributed by atoms with Gasteiger partial charge in [0.1, 0.15) is 5.75 Å². The molecule has 23 heavy (non-hydrogen) atoms. The van der Waals surface area contributed by atoms with Crippen molar-refractivity contribution in [2.75, 3.05) is 5.32 Å². The molecule has 0 spiro atoms. The number of anilines is 2. The van der Waals surface area contributed by atoms with Gasteiger partial charge >= 0.3 is 6.01 Å². The van der Waals surface area contributed by atoms with E-state index in [0.717, 1.165) is 12.8 Å². The predicted octanol–water partition coefficient (Wildman–Crippen LogP) is 4.25. The molecule has 2 N–H and O–H groups in total. The average Bonchev–Trinajstić information content (AvgIpc) is 3.25. The van der Waals surface area contributed by atoms with E-state index in [4.69, 9.17) is 16.0 Å². The lowest BCUT2D eigenvalue weighted by Crippen LogP contribution is -2.08. The van der Waals surface area contributed by atoms with Crippen molar-refractivity contribution in [3.63, 3.8) is 0 Å². The number of hydrogen-bond acceptors (Lipinski definition) is 5. The molecule has 0 aliphatic heterocycles. The van der Waals surface area contributed by atoms with Crippen molar-refractivity contribution in [3.05, 3.63) is 65.0 Å². The van der Waals surface area contributed by atoms with E-state index in [9.17, 15) is 5.11 Å². The highest BCUT2D eigenvalue weighted by molar-refractivity contribution is 6.30. The molecule has 1 fully saturated rings. The summed E-state index contributed by atoms with van der Waals surface area (Å²) in [5.74, 6) is 0.658. The van der Waals surface area contributed by atoms with E-state index in [1.807, 2.05) is 18.2 Å². The smallest absolute Gasteiger partial charge is 0.320 e. The number of benzene rings is 2. The highest BCUT2D eigenvalue weighted by Gasteiger charge is 2.50. The molecule has 1 aliphatic carbocycles. The minimum absolute atomic E-state index is 0.0679. The minimum atomic E-state index is -0.176. The maximum atomic E-state index is 9.84. The van der Waals surface area contributed by atoms with E-state index >= 15 is 0 Å². The Kier molecular flexibility index (Phi) is 3.23. The number of aromatic hydroxyl groups is 1. The average molecular weight is 328 g/mol. The second-order valence-electron chi connectivity index (χ2n) is 5.65. The zero-order chi connectivity index (χ0) is 15.9. The Bertz CT molecular complexity index is 844. The minimum Gasteiger partial charge on any atom is -0.506 e. The van der Waals surface area contributed by atoms with E-state index in [2.05, 4.69) is 27.6 Å². The zero-order valence-corrected chi connectivity index (χ0v) is 12.9. The standard InChI is InChI=1S/C17H14ClN3O2/c18-12-6-7-14(22)13(10-12)19-16-21-20-15(23-16)17(8-9-17)11-4-2-1-3-5-11/h1-7,10,22H,8-9H2,(H,19,21). The summed E-state index contributed by atoms with van der Waals surface area (Å²) in [6.07, 6.45) is 1.97. The molecule has 0 saturated heterocycles. The van der Waals surface area contributed by atoms with Gasteiger partial charge in [0.15, 0.2) is 0 Å². The summed E-state index contributed by atoms with van der Waals surface area (Å²) >= 11 is 5.93. The van der Waals surface area contributed by atoms with Gasteiger partial charge in [-0.25, -0.2) is 0 Å². The van der Waals surface area contributed by atoms with Gasteiger partial charge in [-0.05, 0) is 36.6 Å². The fraction of sp³-hybridized carbons (Fsp3) is 0.176. The Morgan fingerprint density at radius 1 is 1.09 bits per heavy atom. The van der Waals surface area contributed by atoms with Crippen LogP contribution in [0.4, 0.5) is 11.7 Å². The number of hydrogen-bond donors (Lipinski definition) is 2. The SMILES string of the molecule is Oc1ccc(Cl)cc1Nc1nnc(C2(c3ccccc3)CC2)o1. The topological polar surface area (TPSA) is 71.2 Å². The van der Waals surface area contributed by atoms with E-state index in [0.29, 0.717) is 16.6 Å². The summed E-state index contributed by atoms with van der Waals surface area (Å²) in [7, 11) is 0. The Morgan fingerprint density at radius 3 is 2.61 bits per heavy atom. The van der Waals surface area contributed by atoms with Crippen molar-refractivity contribution in [1.29, 1.82) is 0 Å². The first-order chi connectivity index (χ1) is 11.2. The van der Waals surface area contributed by atoms with Crippen LogP contribution in [0.1, 0.15) is 24.3 Å². The molecule has 1 heterocycles. The number of phenols is 1. The van der Waals surface area contributed by atoms with E-state index in [-0.39, 0.29) is 17.2 Å². The van der Waals surface area contributed by atoms with Gasteiger partial charge in [0, 0.05) is 5.02 Å². The summed E-state index contributed by atoms with van der Waals surface area (Å²) in [5, 5.41) is 21.5. The normalized spacial score (nSPS) is 15.3. The van der Waals surface area contributed by atoms with Crippen molar-refractivity contribution in [2.45, 2.75) is 18.3 Å². The Hall–Kier alpha value is -2.53. The summed E-state index contributed by atoms with van der Waals surface area (Å²) in [4.78, 5) is 0. The van der Waals surface area contributed by atoms with Gasteiger partial charge in [-0.3, -0.25) is 0 Å². The molecular weight excluding hydrogens is 314 g/mol. The van der Waals surface area contributed by atoms with Crippen molar-refractivity contribution in [1.82, 2.24) is 10.2 Å². The molecule has 0 amide bonds. The number of nitrogens with zero attached hydrogens (tertiary/aromatic N) is 2. The van der Waals surface area contributed by atoms with Crippen molar-refractivity contribution >= 4 is 23.3 Å². The van der Waals surface area contributed by atoms with Crippen LogP contribution in [-0.4, -0.2) is 15.3 Å². The first kappa shape index (κ1) is 14.1. The molecule has 1 saturated carbocycles. The van der Waals surface area contributed by atoms with Gasteiger partial charge in [-0.15, -0.1) is 5.10 Å². The van der Waals surface area contributed by atoms with Gasteiger partial charge < -0.3 is 14.8 Å². The highest BCUT2D eigenvalue weighted by Crippen LogP contribution is 2.53. The van der Waals surface area contributed by atoms with Crippen LogP contribution in [0, 0.1) is 0 Å². The molecule has 0 atom stereocenters. The van der Waals surface area contributed by atoms with Gasteiger partial charge in [-0.2, -0.15) is 0 Å². The number of rotatable bonds is 4. The molecule has 116 valence electrons. The van der Waals surface area contributed by atoms with Crippen LogP contribution in [0.25, 0.3) is 0 Å². The highest BCUT2D eigenvalue weighted by atomic mass is 35.5. The van der Waals surface area contributed by atoms with E-state index < -0.39 is 0 Å². The molecular formula is C17H14ClN3O2. The Morgan fingerprint density at radius 2 is 1.87 bits per heavy atom. The predicted molar refractivity (Wildman–Crippen MR) is 87.2 cm³/mol. The molecule has 0 unspecified atom stereocenters.